The van der Waals surface area contributed by atoms with Gasteiger partial charge in [0.05, 0.1) is 15.5 Å². The molecule has 0 spiro atoms. The van der Waals surface area contributed by atoms with Crippen LogP contribution in [0.1, 0.15) is 0 Å². The van der Waals surface area contributed by atoms with E-state index < -0.39 is 15.5 Å². The molecule has 0 heterocycles. The standard InChI is InChI=1S/C6H19PSi2.ClH/c1-8(2,3)7-9(4,5)6;/h7H,1-6H3;1H. The van der Waals surface area contributed by atoms with Gasteiger partial charge in [0.15, 0.2) is 0 Å². The van der Waals surface area contributed by atoms with Crippen LogP contribution in [0, 0.1) is 0 Å². The third kappa shape index (κ3) is 11.9. The summed E-state index contributed by atoms with van der Waals surface area (Å²) in [5.74, 6) is 0. The van der Waals surface area contributed by atoms with Crippen LogP contribution in [0.5, 0.6) is 0 Å². The first-order chi connectivity index (χ1) is 3.71. The normalized spacial score (nSPS) is 12.6. The predicted octanol–water partition coefficient (Wildman–Crippen LogP) is 3.76. The smallest absolute Gasteiger partial charge is 0.0646 e. The summed E-state index contributed by atoms with van der Waals surface area (Å²) in [4.78, 5) is 0. The van der Waals surface area contributed by atoms with Crippen LogP contribution in [0.3, 0.4) is 0 Å². The van der Waals surface area contributed by atoms with Crippen LogP contribution in [-0.2, 0) is 0 Å². The van der Waals surface area contributed by atoms with E-state index in [4.69, 9.17) is 0 Å². The van der Waals surface area contributed by atoms with Crippen molar-refractivity contribution < 1.29 is 0 Å². The monoisotopic (exact) mass is 214 g/mol. The molecule has 0 aliphatic heterocycles. The highest BCUT2D eigenvalue weighted by atomic mass is 35.5. The van der Waals surface area contributed by atoms with Crippen molar-refractivity contribution in [3.05, 3.63) is 0 Å². The zero-order chi connectivity index (χ0) is 7.71. The maximum absolute atomic E-state index is 2.48. The van der Waals surface area contributed by atoms with Gasteiger partial charge < -0.3 is 0 Å². The lowest BCUT2D eigenvalue weighted by Gasteiger charge is -2.25. The summed E-state index contributed by atoms with van der Waals surface area (Å²) in [5.41, 5.74) is 0. The Hall–Kier alpha value is 1.15. The molecule has 0 radical (unpaired) electrons. The highest BCUT2D eigenvalue weighted by Gasteiger charge is 2.23. The largest absolute Gasteiger partial charge is 0.147 e. The fraction of sp³-hybridized carbons (Fsp3) is 1.00. The molecule has 0 aromatic carbocycles. The molecule has 0 bridgehead atoms. The molecule has 0 atom stereocenters. The molecule has 0 aliphatic carbocycles. The lowest BCUT2D eigenvalue weighted by Crippen LogP contribution is -2.24. The van der Waals surface area contributed by atoms with Gasteiger partial charge >= 0.3 is 0 Å². The summed E-state index contributed by atoms with van der Waals surface area (Å²) in [6.07, 6.45) is 0. The molecular weight excluding hydrogens is 195 g/mol. The highest BCUT2D eigenvalue weighted by Crippen LogP contribution is 2.36. The molecule has 0 N–H and O–H groups in total. The summed E-state index contributed by atoms with van der Waals surface area (Å²) in [6.45, 7) is 14.9. The lowest BCUT2D eigenvalue weighted by atomic mass is 11.8. The summed E-state index contributed by atoms with van der Waals surface area (Å²) in [5, 5.41) is 0. The van der Waals surface area contributed by atoms with Crippen LogP contribution in [-0.4, -0.2) is 15.5 Å². The van der Waals surface area contributed by atoms with E-state index in [1.165, 1.54) is 7.68 Å². The van der Waals surface area contributed by atoms with E-state index >= 15 is 0 Å². The Kier molecular flexibility index (Phi) is 5.83. The van der Waals surface area contributed by atoms with Gasteiger partial charge in [-0.25, -0.2) is 0 Å². The third-order valence-electron chi connectivity index (χ3n) is 0.750. The van der Waals surface area contributed by atoms with Crippen molar-refractivity contribution in [1.29, 1.82) is 0 Å². The Labute approximate surface area is 75.1 Å². The van der Waals surface area contributed by atoms with Crippen molar-refractivity contribution in [3.63, 3.8) is 0 Å². The van der Waals surface area contributed by atoms with E-state index in [9.17, 15) is 0 Å². The Morgan fingerprint density at radius 1 is 0.700 bits per heavy atom. The van der Waals surface area contributed by atoms with E-state index in [0.717, 1.165) is 0 Å². The van der Waals surface area contributed by atoms with Gasteiger partial charge in [-0.05, 0) is 0 Å². The molecule has 0 saturated heterocycles. The maximum atomic E-state index is 2.48. The van der Waals surface area contributed by atoms with Gasteiger partial charge in [-0.1, -0.05) is 39.3 Å². The van der Waals surface area contributed by atoms with E-state index in [-0.39, 0.29) is 12.4 Å². The number of halogens is 1. The van der Waals surface area contributed by atoms with Crippen molar-refractivity contribution in [2.24, 2.45) is 0 Å². The van der Waals surface area contributed by atoms with Crippen LogP contribution in [0.25, 0.3) is 0 Å². The predicted molar refractivity (Wildman–Crippen MR) is 62.3 cm³/mol. The highest BCUT2D eigenvalue weighted by molar-refractivity contribution is 8.06. The molecule has 0 amide bonds. The van der Waals surface area contributed by atoms with Gasteiger partial charge in [0.1, 0.15) is 0 Å². The molecule has 0 aliphatic rings. The van der Waals surface area contributed by atoms with E-state index in [0.29, 0.717) is 0 Å². The van der Waals surface area contributed by atoms with Gasteiger partial charge in [0.2, 0.25) is 0 Å². The molecule has 0 aromatic rings. The fourth-order valence-corrected chi connectivity index (χ4v) is 30.4. The van der Waals surface area contributed by atoms with Crippen LogP contribution in [0.4, 0.5) is 0 Å². The minimum Gasteiger partial charge on any atom is -0.147 e. The molecule has 10 heavy (non-hydrogen) atoms. The number of hydrogen-bond acceptors (Lipinski definition) is 0. The van der Waals surface area contributed by atoms with Gasteiger partial charge in [-0.2, -0.15) is 0 Å². The van der Waals surface area contributed by atoms with Crippen molar-refractivity contribution >= 4 is 35.6 Å². The molecule has 0 nitrogen and oxygen atoms in total. The van der Waals surface area contributed by atoms with Crippen LogP contribution in [0.15, 0.2) is 0 Å². The molecule has 0 aromatic heterocycles. The Bertz CT molecular complexity index is 80.9. The van der Waals surface area contributed by atoms with Crippen molar-refractivity contribution in [1.82, 2.24) is 0 Å². The van der Waals surface area contributed by atoms with Crippen molar-refractivity contribution in [2.45, 2.75) is 39.3 Å². The summed E-state index contributed by atoms with van der Waals surface area (Å²) >= 11 is 0. The molecule has 64 valence electrons. The first kappa shape index (κ1) is 13.7. The molecular formula is C6H20ClPSi2. The van der Waals surface area contributed by atoms with Gasteiger partial charge in [-0.15, -0.1) is 20.1 Å². The molecule has 0 fully saturated rings. The second-order valence-electron chi connectivity index (χ2n) is 4.62. The Balaban J connectivity index is 0. The average molecular weight is 215 g/mol. The van der Waals surface area contributed by atoms with Crippen LogP contribution in [0.2, 0.25) is 39.3 Å². The van der Waals surface area contributed by atoms with Gasteiger partial charge in [0.25, 0.3) is 0 Å². The number of rotatable bonds is 2. The molecule has 0 rings (SSSR count). The molecule has 4 heteroatoms. The summed E-state index contributed by atoms with van der Waals surface area (Å²) in [6, 6.07) is 0. The first-order valence-corrected chi connectivity index (χ1v) is 13.5. The summed E-state index contributed by atoms with van der Waals surface area (Å²) in [7, 11) is -0.0775. The lowest BCUT2D eigenvalue weighted by molar-refractivity contribution is 1.84. The van der Waals surface area contributed by atoms with Crippen LogP contribution >= 0.6 is 20.1 Å². The minimum absolute atomic E-state index is 0. The van der Waals surface area contributed by atoms with E-state index in [1.807, 2.05) is 0 Å². The van der Waals surface area contributed by atoms with E-state index in [1.54, 1.807) is 0 Å². The Morgan fingerprint density at radius 2 is 0.900 bits per heavy atom. The third-order valence-corrected chi connectivity index (χ3v) is 20.2. The zero-order valence-corrected chi connectivity index (χ0v) is 11.7. The number of hydrogen-bond donors (Lipinski definition) is 0. The average Bonchev–Trinajstić information content (AvgIpc) is 1.14. The maximum Gasteiger partial charge on any atom is 0.0646 e. The Morgan fingerprint density at radius 3 is 0.900 bits per heavy atom. The second kappa shape index (κ2) is 4.25. The van der Waals surface area contributed by atoms with Crippen molar-refractivity contribution in [3.8, 4) is 0 Å². The molecule has 0 unspecified atom stereocenters. The quantitative estimate of drug-likeness (QED) is 0.485. The fourth-order valence-electron chi connectivity index (χ4n) is 1.12. The van der Waals surface area contributed by atoms with Crippen molar-refractivity contribution in [2.75, 3.05) is 0 Å². The first-order valence-electron chi connectivity index (χ1n) is 3.50. The second-order valence-corrected chi connectivity index (χ2v) is 25.9. The van der Waals surface area contributed by atoms with Gasteiger partial charge in [-0.3, -0.25) is 0 Å². The van der Waals surface area contributed by atoms with Gasteiger partial charge in [0, 0.05) is 0 Å². The summed E-state index contributed by atoms with van der Waals surface area (Å²) < 4.78 is 0. The minimum atomic E-state index is -0.703. The van der Waals surface area contributed by atoms with Crippen LogP contribution < -0.4 is 0 Å². The molecule has 0 saturated carbocycles. The SMILES string of the molecule is C[Si](C)(C)P[Si](C)(C)C.Cl. The topological polar surface area (TPSA) is 0 Å². The van der Waals surface area contributed by atoms with E-state index in [2.05, 4.69) is 39.3 Å². The zero-order valence-electron chi connectivity index (χ0n) is 7.91.